The Labute approximate surface area is 167 Å². The molecule has 1 aromatic carbocycles. The standard InChI is InChI=1S/C23H40NO3.H/c1-6-13-22(24(3,4)5)23(25)27-19-12-10-8-7-9-11-18-26-21-16-14-20(2)15-17-21;/h14-17,22H,6-13,18-19H2,1-5H3;/q+1;-1/i;1+2. The predicted octanol–water partition coefficient (Wildman–Crippen LogP) is 5.25. The highest BCUT2D eigenvalue weighted by Gasteiger charge is 2.31. The molecule has 0 aliphatic carbocycles. The molecule has 156 valence electrons. The van der Waals surface area contributed by atoms with Crippen molar-refractivity contribution in [2.75, 3.05) is 34.4 Å². The van der Waals surface area contributed by atoms with E-state index in [1.807, 2.05) is 12.1 Å². The van der Waals surface area contributed by atoms with Crippen LogP contribution in [0.3, 0.4) is 0 Å². The van der Waals surface area contributed by atoms with Crippen LogP contribution in [-0.2, 0) is 9.53 Å². The van der Waals surface area contributed by atoms with Crippen LogP contribution < -0.4 is 4.74 Å². The lowest BCUT2D eigenvalue weighted by molar-refractivity contribution is -0.887. The van der Waals surface area contributed by atoms with Crippen LogP contribution in [0.25, 0.3) is 0 Å². The van der Waals surface area contributed by atoms with Crippen molar-refractivity contribution in [3.05, 3.63) is 29.8 Å². The predicted molar refractivity (Wildman–Crippen MR) is 113 cm³/mol. The summed E-state index contributed by atoms with van der Waals surface area (Å²) in [7, 11) is 6.18. The minimum Gasteiger partial charge on any atom is -1.00 e. The Morgan fingerprint density at radius 3 is 2.07 bits per heavy atom. The van der Waals surface area contributed by atoms with Crippen LogP contribution >= 0.6 is 0 Å². The molecule has 4 nitrogen and oxygen atoms in total. The number of unbranched alkanes of at least 4 members (excludes halogenated alkanes) is 5. The fraction of sp³-hybridized carbons (Fsp3) is 0.696. The van der Waals surface area contributed by atoms with Gasteiger partial charge in [-0.1, -0.05) is 50.3 Å². The second kappa shape index (κ2) is 12.8. The number of likely N-dealkylation sites (N-methyl/N-ethyl adjacent to an activating group) is 1. The normalized spacial score (nSPS) is 12.6. The fourth-order valence-electron chi connectivity index (χ4n) is 3.10. The number of ether oxygens (including phenoxy) is 2. The average Bonchev–Trinajstić information content (AvgIpc) is 2.61. The van der Waals surface area contributed by atoms with E-state index in [1.54, 1.807) is 0 Å². The summed E-state index contributed by atoms with van der Waals surface area (Å²) in [5.41, 5.74) is 1.26. The Hall–Kier alpha value is -1.55. The zero-order chi connectivity index (χ0) is 20.1. The minimum atomic E-state index is -0.0523. The molecule has 1 aromatic rings. The van der Waals surface area contributed by atoms with Gasteiger partial charge in [0.05, 0.1) is 34.4 Å². The third-order valence-corrected chi connectivity index (χ3v) is 4.84. The molecule has 0 N–H and O–H groups in total. The molecule has 0 spiro atoms. The first kappa shape index (κ1) is 23.5. The maximum atomic E-state index is 12.3. The summed E-state index contributed by atoms with van der Waals surface area (Å²) >= 11 is 0. The van der Waals surface area contributed by atoms with Crippen molar-refractivity contribution >= 4 is 5.97 Å². The van der Waals surface area contributed by atoms with E-state index in [4.69, 9.17) is 9.47 Å². The fourth-order valence-corrected chi connectivity index (χ4v) is 3.10. The average molecular weight is 382 g/mol. The van der Waals surface area contributed by atoms with Crippen LogP contribution in [0.5, 0.6) is 5.75 Å². The number of esters is 1. The Morgan fingerprint density at radius 1 is 0.963 bits per heavy atom. The van der Waals surface area contributed by atoms with Crippen molar-refractivity contribution in [2.24, 2.45) is 0 Å². The van der Waals surface area contributed by atoms with E-state index in [1.165, 1.54) is 24.8 Å². The number of quaternary nitrogens is 1. The molecule has 0 radical (unpaired) electrons. The number of benzene rings is 1. The van der Waals surface area contributed by atoms with E-state index in [0.717, 1.165) is 44.5 Å². The van der Waals surface area contributed by atoms with Gasteiger partial charge in [0.25, 0.3) is 0 Å². The van der Waals surface area contributed by atoms with Crippen LogP contribution in [-0.4, -0.2) is 50.9 Å². The van der Waals surface area contributed by atoms with Crippen molar-refractivity contribution in [1.82, 2.24) is 0 Å². The van der Waals surface area contributed by atoms with E-state index in [0.29, 0.717) is 11.1 Å². The van der Waals surface area contributed by atoms with Gasteiger partial charge in [0.15, 0.2) is 6.04 Å². The highest BCUT2D eigenvalue weighted by molar-refractivity contribution is 5.74. The van der Waals surface area contributed by atoms with Gasteiger partial charge in [-0.15, -0.1) is 0 Å². The lowest BCUT2D eigenvalue weighted by atomic mass is 10.1. The molecule has 0 amide bonds. The molecule has 4 heteroatoms. The van der Waals surface area contributed by atoms with Gasteiger partial charge < -0.3 is 15.4 Å². The van der Waals surface area contributed by atoms with Crippen molar-refractivity contribution < 1.29 is 20.2 Å². The summed E-state index contributed by atoms with van der Waals surface area (Å²) in [4.78, 5) is 12.3. The van der Waals surface area contributed by atoms with Crippen molar-refractivity contribution in [1.29, 1.82) is 0 Å². The molecule has 0 aliphatic rings. The van der Waals surface area contributed by atoms with Gasteiger partial charge in [-0.3, -0.25) is 0 Å². The number of hydrogen-bond donors (Lipinski definition) is 0. The van der Waals surface area contributed by atoms with Crippen LogP contribution in [0.4, 0.5) is 0 Å². The maximum Gasteiger partial charge on any atom is 0.364 e. The van der Waals surface area contributed by atoms with Gasteiger partial charge in [-0.05, 0) is 38.3 Å². The minimum absolute atomic E-state index is 0. The molecule has 0 saturated heterocycles. The quantitative estimate of drug-likeness (QED) is 0.251. The number of aryl methyl sites for hydroxylation is 1. The van der Waals surface area contributed by atoms with Gasteiger partial charge in [0.1, 0.15) is 5.75 Å². The topological polar surface area (TPSA) is 35.5 Å². The highest BCUT2D eigenvalue weighted by atomic mass is 16.5. The summed E-state index contributed by atoms with van der Waals surface area (Å²) in [6, 6.07) is 8.16. The first-order chi connectivity index (χ1) is 12.8. The van der Waals surface area contributed by atoms with Gasteiger partial charge in [0, 0.05) is 6.42 Å². The third kappa shape index (κ3) is 10.4. The molecular formula is C23H41NO3. The molecule has 1 unspecified atom stereocenters. The molecule has 0 bridgehead atoms. The molecule has 27 heavy (non-hydrogen) atoms. The van der Waals surface area contributed by atoms with Crippen LogP contribution in [0.1, 0.15) is 65.3 Å². The molecule has 0 saturated carbocycles. The van der Waals surface area contributed by atoms with Crippen LogP contribution in [0, 0.1) is 6.92 Å². The Balaban J connectivity index is 0.00000729. The van der Waals surface area contributed by atoms with E-state index >= 15 is 0 Å². The first-order valence-electron chi connectivity index (χ1n) is 10.5. The Morgan fingerprint density at radius 2 is 1.52 bits per heavy atom. The Kier molecular flexibility index (Phi) is 11.1. The van der Waals surface area contributed by atoms with Gasteiger partial charge >= 0.3 is 5.97 Å². The summed E-state index contributed by atoms with van der Waals surface area (Å²) in [5.74, 6) is 0.912. The Bertz CT molecular complexity index is 526. The lowest BCUT2D eigenvalue weighted by Gasteiger charge is -2.32. The summed E-state index contributed by atoms with van der Waals surface area (Å²) in [6.07, 6.45) is 8.64. The van der Waals surface area contributed by atoms with E-state index in [-0.39, 0.29) is 13.4 Å². The number of rotatable bonds is 14. The number of carbonyl (C=O) groups excluding carboxylic acids is 1. The van der Waals surface area contributed by atoms with Crippen LogP contribution in [0.2, 0.25) is 0 Å². The summed E-state index contributed by atoms with van der Waals surface area (Å²) in [5, 5.41) is 0. The third-order valence-electron chi connectivity index (χ3n) is 4.84. The van der Waals surface area contributed by atoms with E-state index in [2.05, 4.69) is 47.1 Å². The molecule has 0 fully saturated rings. The number of nitrogens with zero attached hydrogens (tertiary/aromatic N) is 1. The second-order valence-electron chi connectivity index (χ2n) is 8.37. The smallest absolute Gasteiger partial charge is 0.364 e. The van der Waals surface area contributed by atoms with Crippen molar-refractivity contribution in [3.63, 3.8) is 0 Å². The first-order valence-corrected chi connectivity index (χ1v) is 10.5. The van der Waals surface area contributed by atoms with Gasteiger partial charge in [-0.25, -0.2) is 4.79 Å². The van der Waals surface area contributed by atoms with Gasteiger partial charge in [0.2, 0.25) is 0 Å². The molecule has 1 rings (SSSR count). The molecule has 0 aromatic heterocycles. The van der Waals surface area contributed by atoms with E-state index < -0.39 is 0 Å². The van der Waals surface area contributed by atoms with Crippen LogP contribution in [0.15, 0.2) is 24.3 Å². The zero-order valence-electron chi connectivity index (χ0n) is 19.1. The molecule has 0 heterocycles. The number of hydrogen-bond acceptors (Lipinski definition) is 3. The van der Waals surface area contributed by atoms with Crippen molar-refractivity contribution in [2.45, 2.75) is 71.3 Å². The van der Waals surface area contributed by atoms with Crippen molar-refractivity contribution in [3.8, 4) is 5.75 Å². The highest BCUT2D eigenvalue weighted by Crippen LogP contribution is 2.14. The molecule has 1 atom stereocenters. The summed E-state index contributed by atoms with van der Waals surface area (Å²) in [6.45, 7) is 5.53. The lowest BCUT2D eigenvalue weighted by Crippen LogP contribution is -2.50. The monoisotopic (exact) mass is 381 g/mol. The zero-order valence-corrected chi connectivity index (χ0v) is 18.1. The maximum absolute atomic E-state index is 12.3. The largest absolute Gasteiger partial charge is 1.00 e. The van der Waals surface area contributed by atoms with E-state index in [9.17, 15) is 4.79 Å². The second-order valence-corrected chi connectivity index (χ2v) is 8.37. The SMILES string of the molecule is CCCC(C(=O)OCCCCCCCCOc1ccc(C)cc1)[N+](C)(C)C.[3H-]. The summed E-state index contributed by atoms with van der Waals surface area (Å²) < 4.78 is 11.9. The van der Waals surface area contributed by atoms with Gasteiger partial charge in [-0.2, -0.15) is 0 Å². The number of carbonyl (C=O) groups is 1. The molecular weight excluding hydrogens is 338 g/mol. The molecule has 0 aliphatic heterocycles.